The number of hydrogen-bond donors (Lipinski definition) is 2. The first-order valence-corrected chi connectivity index (χ1v) is 6.70. The number of rotatable bonds is 4. The minimum atomic E-state index is -0.160. The molecule has 0 spiro atoms. The van der Waals surface area contributed by atoms with E-state index in [9.17, 15) is 4.79 Å². The topological polar surface area (TPSA) is 81.2 Å². The van der Waals surface area contributed by atoms with E-state index in [2.05, 4.69) is 10.3 Å². The van der Waals surface area contributed by atoms with Gasteiger partial charge in [-0.3, -0.25) is 4.79 Å². The van der Waals surface area contributed by atoms with Crippen LogP contribution in [0.25, 0.3) is 10.9 Å². The second-order valence-corrected chi connectivity index (χ2v) is 4.70. The second-order valence-electron chi connectivity index (χ2n) is 4.70. The molecule has 3 aromatic rings. The van der Waals surface area contributed by atoms with Crippen LogP contribution in [-0.2, 0) is 6.42 Å². The van der Waals surface area contributed by atoms with Crippen LogP contribution in [0, 0.1) is 0 Å². The number of furan rings is 1. The summed E-state index contributed by atoms with van der Waals surface area (Å²) in [4.78, 5) is 16.5. The molecular formula is C16H15N3O2. The quantitative estimate of drug-likeness (QED) is 0.769. The predicted molar refractivity (Wildman–Crippen MR) is 80.9 cm³/mol. The molecule has 2 aromatic heterocycles. The Labute approximate surface area is 121 Å². The first-order chi connectivity index (χ1) is 10.2. The average molecular weight is 281 g/mol. The number of benzene rings is 1. The lowest BCUT2D eigenvalue weighted by Crippen LogP contribution is -2.26. The van der Waals surface area contributed by atoms with Gasteiger partial charge < -0.3 is 15.5 Å². The van der Waals surface area contributed by atoms with E-state index in [1.54, 1.807) is 12.3 Å². The van der Waals surface area contributed by atoms with Crippen LogP contribution in [0.4, 0.5) is 5.82 Å². The molecule has 106 valence electrons. The van der Waals surface area contributed by atoms with Crippen LogP contribution < -0.4 is 11.1 Å². The van der Waals surface area contributed by atoms with Gasteiger partial charge >= 0.3 is 0 Å². The van der Waals surface area contributed by atoms with Crippen LogP contribution in [0.2, 0.25) is 0 Å². The van der Waals surface area contributed by atoms with Gasteiger partial charge in [0.1, 0.15) is 11.6 Å². The highest BCUT2D eigenvalue weighted by Crippen LogP contribution is 2.19. The number of para-hydroxylation sites is 1. The van der Waals surface area contributed by atoms with Crippen molar-refractivity contribution in [1.29, 1.82) is 0 Å². The average Bonchev–Trinajstić information content (AvgIpc) is 2.99. The molecule has 5 nitrogen and oxygen atoms in total. The summed E-state index contributed by atoms with van der Waals surface area (Å²) >= 11 is 0. The van der Waals surface area contributed by atoms with Crippen LogP contribution in [0.15, 0.2) is 53.1 Å². The van der Waals surface area contributed by atoms with Crippen LogP contribution in [0.3, 0.4) is 0 Å². The smallest absolute Gasteiger partial charge is 0.252 e. The molecule has 5 heteroatoms. The number of amides is 1. The van der Waals surface area contributed by atoms with Crippen molar-refractivity contribution in [3.05, 3.63) is 60.1 Å². The fraction of sp³-hybridized carbons (Fsp3) is 0.125. The number of nitrogens with two attached hydrogens (primary N) is 1. The van der Waals surface area contributed by atoms with Crippen molar-refractivity contribution >= 4 is 22.6 Å². The van der Waals surface area contributed by atoms with Gasteiger partial charge in [0.2, 0.25) is 0 Å². The Bertz CT molecular complexity index is 766. The fourth-order valence-electron chi connectivity index (χ4n) is 2.23. The molecule has 3 rings (SSSR count). The maximum atomic E-state index is 12.3. The summed E-state index contributed by atoms with van der Waals surface area (Å²) in [5.74, 6) is 1.02. The highest BCUT2D eigenvalue weighted by atomic mass is 16.3. The Morgan fingerprint density at radius 3 is 2.90 bits per heavy atom. The minimum Gasteiger partial charge on any atom is -0.469 e. The van der Waals surface area contributed by atoms with E-state index in [1.165, 1.54) is 0 Å². The molecule has 3 N–H and O–H groups in total. The van der Waals surface area contributed by atoms with E-state index in [4.69, 9.17) is 10.2 Å². The molecule has 0 unspecified atom stereocenters. The molecule has 0 fully saturated rings. The van der Waals surface area contributed by atoms with Crippen LogP contribution >= 0.6 is 0 Å². The number of hydrogen-bond acceptors (Lipinski definition) is 4. The van der Waals surface area contributed by atoms with Crippen LogP contribution in [-0.4, -0.2) is 17.4 Å². The van der Waals surface area contributed by atoms with E-state index in [1.807, 2.05) is 36.4 Å². The maximum Gasteiger partial charge on any atom is 0.252 e. The number of nitrogen functional groups attached to an aromatic ring is 1. The zero-order chi connectivity index (χ0) is 14.7. The molecule has 0 bridgehead atoms. The third-order valence-electron chi connectivity index (χ3n) is 3.22. The van der Waals surface area contributed by atoms with Crippen molar-refractivity contribution in [3.8, 4) is 0 Å². The summed E-state index contributed by atoms with van der Waals surface area (Å²) in [6.45, 7) is 0.503. The Hall–Kier alpha value is -2.82. The predicted octanol–water partition coefficient (Wildman–Crippen LogP) is 2.38. The lowest BCUT2D eigenvalue weighted by atomic mass is 10.1. The fourth-order valence-corrected chi connectivity index (χ4v) is 2.23. The third kappa shape index (κ3) is 2.86. The molecule has 0 radical (unpaired) electrons. The van der Waals surface area contributed by atoms with Gasteiger partial charge in [0, 0.05) is 18.4 Å². The number of carbonyl (C=O) groups is 1. The number of fused-ring (bicyclic) bond motifs is 1. The number of nitrogens with zero attached hydrogens (tertiary/aromatic N) is 1. The third-order valence-corrected chi connectivity index (χ3v) is 3.22. The van der Waals surface area contributed by atoms with E-state index < -0.39 is 0 Å². The number of aromatic nitrogens is 1. The Kier molecular flexibility index (Phi) is 3.55. The largest absolute Gasteiger partial charge is 0.469 e. The summed E-state index contributed by atoms with van der Waals surface area (Å²) < 4.78 is 5.23. The van der Waals surface area contributed by atoms with Gasteiger partial charge in [-0.1, -0.05) is 18.2 Å². The molecule has 0 saturated heterocycles. The van der Waals surface area contributed by atoms with E-state index >= 15 is 0 Å². The SMILES string of the molecule is Nc1cc(C(=O)NCCc2ccco2)c2ccccc2n1. The highest BCUT2D eigenvalue weighted by molar-refractivity contribution is 6.06. The number of carbonyl (C=O) groups excluding carboxylic acids is 1. The van der Waals surface area contributed by atoms with E-state index in [-0.39, 0.29) is 5.91 Å². The molecule has 0 aliphatic heterocycles. The zero-order valence-electron chi connectivity index (χ0n) is 11.4. The Balaban J connectivity index is 1.78. The lowest BCUT2D eigenvalue weighted by molar-refractivity contribution is 0.0955. The molecule has 21 heavy (non-hydrogen) atoms. The molecule has 1 amide bonds. The molecular weight excluding hydrogens is 266 g/mol. The van der Waals surface area contributed by atoms with E-state index in [0.29, 0.717) is 29.9 Å². The maximum absolute atomic E-state index is 12.3. The highest BCUT2D eigenvalue weighted by Gasteiger charge is 2.11. The number of nitrogens with one attached hydrogen (secondary N) is 1. The molecule has 1 aromatic carbocycles. The summed E-state index contributed by atoms with van der Waals surface area (Å²) in [7, 11) is 0. The summed E-state index contributed by atoms with van der Waals surface area (Å²) in [5, 5.41) is 3.67. The van der Waals surface area contributed by atoms with Crippen molar-refractivity contribution in [2.45, 2.75) is 6.42 Å². The van der Waals surface area contributed by atoms with Gasteiger partial charge in [0.15, 0.2) is 0 Å². The zero-order valence-corrected chi connectivity index (χ0v) is 11.4. The van der Waals surface area contributed by atoms with Crippen molar-refractivity contribution in [2.75, 3.05) is 12.3 Å². The number of pyridine rings is 1. The summed E-state index contributed by atoms with van der Waals surface area (Å²) in [5.41, 5.74) is 7.02. The first kappa shape index (κ1) is 13.2. The number of anilines is 1. The van der Waals surface area contributed by atoms with Gasteiger partial charge in [-0.25, -0.2) is 4.98 Å². The molecule has 0 atom stereocenters. The molecule has 0 aliphatic carbocycles. The summed E-state index contributed by atoms with van der Waals surface area (Å²) in [6.07, 6.45) is 2.27. The first-order valence-electron chi connectivity index (χ1n) is 6.70. The van der Waals surface area contributed by atoms with Gasteiger partial charge in [-0.2, -0.15) is 0 Å². The summed E-state index contributed by atoms with van der Waals surface area (Å²) in [6, 6.07) is 12.8. The molecule has 0 aliphatic rings. The van der Waals surface area contributed by atoms with Crippen LogP contribution in [0.5, 0.6) is 0 Å². The lowest BCUT2D eigenvalue weighted by Gasteiger charge is -2.08. The van der Waals surface area contributed by atoms with Crippen molar-refractivity contribution < 1.29 is 9.21 Å². The Morgan fingerprint density at radius 1 is 1.24 bits per heavy atom. The monoisotopic (exact) mass is 281 g/mol. The van der Waals surface area contributed by atoms with Gasteiger partial charge in [0.05, 0.1) is 17.3 Å². The minimum absolute atomic E-state index is 0.160. The van der Waals surface area contributed by atoms with Gasteiger partial charge in [0.25, 0.3) is 5.91 Å². The van der Waals surface area contributed by atoms with Crippen molar-refractivity contribution in [2.24, 2.45) is 0 Å². The molecule has 2 heterocycles. The van der Waals surface area contributed by atoms with Gasteiger partial charge in [-0.15, -0.1) is 0 Å². The van der Waals surface area contributed by atoms with E-state index in [0.717, 1.165) is 11.1 Å². The van der Waals surface area contributed by atoms with Crippen LogP contribution in [0.1, 0.15) is 16.1 Å². The van der Waals surface area contributed by atoms with Crippen molar-refractivity contribution in [1.82, 2.24) is 10.3 Å². The second kappa shape index (κ2) is 5.66. The molecule has 0 saturated carbocycles. The van der Waals surface area contributed by atoms with Gasteiger partial charge in [-0.05, 0) is 24.3 Å². The standard InChI is InChI=1S/C16H15N3O2/c17-15-10-13(12-5-1-2-6-14(12)19-15)16(20)18-8-7-11-4-3-9-21-11/h1-6,9-10H,7-8H2,(H2,17,19)(H,18,20). The Morgan fingerprint density at radius 2 is 2.10 bits per heavy atom. The normalized spacial score (nSPS) is 10.7. The van der Waals surface area contributed by atoms with Crippen molar-refractivity contribution in [3.63, 3.8) is 0 Å².